The molecule has 0 amide bonds. The van der Waals surface area contributed by atoms with Crippen molar-refractivity contribution in [3.8, 4) is 0 Å². The molecule has 4 heteroatoms. The van der Waals surface area contributed by atoms with Gasteiger partial charge >= 0.3 is 0 Å². The second kappa shape index (κ2) is 6.25. The van der Waals surface area contributed by atoms with Gasteiger partial charge in [0, 0.05) is 25.8 Å². The third kappa shape index (κ3) is 3.50. The molecule has 0 saturated heterocycles. The van der Waals surface area contributed by atoms with E-state index in [0.717, 1.165) is 16.8 Å². The SMILES string of the molecule is CN(C)c1cccc(C(N)Cc2ccc(Cl)c(F)c2)c1. The highest BCUT2D eigenvalue weighted by Gasteiger charge is 2.10. The van der Waals surface area contributed by atoms with Crippen molar-refractivity contribution in [2.75, 3.05) is 19.0 Å². The van der Waals surface area contributed by atoms with Gasteiger partial charge in [-0.05, 0) is 41.8 Å². The summed E-state index contributed by atoms with van der Waals surface area (Å²) in [6, 6.07) is 12.7. The minimum atomic E-state index is -0.404. The number of nitrogens with zero attached hydrogens (tertiary/aromatic N) is 1. The van der Waals surface area contributed by atoms with Crippen LogP contribution in [0.4, 0.5) is 10.1 Å². The zero-order chi connectivity index (χ0) is 14.7. The minimum absolute atomic E-state index is 0.136. The summed E-state index contributed by atoms with van der Waals surface area (Å²) in [4.78, 5) is 2.03. The van der Waals surface area contributed by atoms with Crippen LogP contribution in [0, 0.1) is 5.82 Å². The third-order valence-electron chi connectivity index (χ3n) is 3.25. The summed E-state index contributed by atoms with van der Waals surface area (Å²) in [7, 11) is 3.97. The van der Waals surface area contributed by atoms with Crippen molar-refractivity contribution in [3.05, 3.63) is 64.4 Å². The average Bonchev–Trinajstić information content (AvgIpc) is 2.43. The van der Waals surface area contributed by atoms with Gasteiger partial charge in [0.1, 0.15) is 5.82 Å². The van der Waals surface area contributed by atoms with Gasteiger partial charge in [0.15, 0.2) is 0 Å². The molecule has 0 heterocycles. The van der Waals surface area contributed by atoms with E-state index < -0.39 is 5.82 Å². The topological polar surface area (TPSA) is 29.3 Å². The number of halogens is 2. The van der Waals surface area contributed by atoms with Crippen LogP contribution in [-0.4, -0.2) is 14.1 Å². The van der Waals surface area contributed by atoms with E-state index in [1.54, 1.807) is 12.1 Å². The molecule has 20 heavy (non-hydrogen) atoms. The van der Waals surface area contributed by atoms with E-state index >= 15 is 0 Å². The summed E-state index contributed by atoms with van der Waals surface area (Å²) >= 11 is 5.68. The lowest BCUT2D eigenvalue weighted by Crippen LogP contribution is -2.15. The predicted molar refractivity (Wildman–Crippen MR) is 82.8 cm³/mol. The monoisotopic (exact) mass is 292 g/mol. The van der Waals surface area contributed by atoms with Crippen LogP contribution in [0.15, 0.2) is 42.5 Å². The number of rotatable bonds is 4. The Kier molecular flexibility index (Phi) is 4.63. The van der Waals surface area contributed by atoms with Crippen LogP contribution in [0.1, 0.15) is 17.2 Å². The Morgan fingerprint density at radius 1 is 1.20 bits per heavy atom. The maximum absolute atomic E-state index is 13.4. The molecule has 2 nitrogen and oxygen atoms in total. The molecule has 0 bridgehead atoms. The first-order chi connectivity index (χ1) is 9.47. The van der Waals surface area contributed by atoms with Gasteiger partial charge in [0.05, 0.1) is 5.02 Å². The Labute approximate surface area is 124 Å². The normalized spacial score (nSPS) is 12.2. The lowest BCUT2D eigenvalue weighted by atomic mass is 9.99. The molecule has 2 rings (SSSR count). The molecule has 106 valence electrons. The maximum atomic E-state index is 13.4. The second-order valence-electron chi connectivity index (χ2n) is 5.05. The van der Waals surface area contributed by atoms with Crippen molar-refractivity contribution in [1.29, 1.82) is 0 Å². The molecular formula is C16H18ClFN2. The first-order valence-electron chi connectivity index (χ1n) is 6.44. The number of hydrogen-bond acceptors (Lipinski definition) is 2. The Morgan fingerprint density at radius 3 is 2.60 bits per heavy atom. The van der Waals surface area contributed by atoms with E-state index in [0.29, 0.717) is 6.42 Å². The summed E-state index contributed by atoms with van der Waals surface area (Å²) in [5, 5.41) is 0.136. The quantitative estimate of drug-likeness (QED) is 0.929. The average molecular weight is 293 g/mol. The van der Waals surface area contributed by atoms with Crippen LogP contribution < -0.4 is 10.6 Å². The van der Waals surface area contributed by atoms with Crippen molar-refractivity contribution >= 4 is 17.3 Å². The maximum Gasteiger partial charge on any atom is 0.142 e. The standard InChI is InChI=1S/C16H18ClFN2/c1-20(2)13-5-3-4-12(10-13)16(19)9-11-6-7-14(17)15(18)8-11/h3-8,10,16H,9,19H2,1-2H3. The zero-order valence-corrected chi connectivity index (χ0v) is 12.4. The molecule has 0 aliphatic rings. The molecule has 0 fully saturated rings. The molecule has 2 N–H and O–H groups in total. The van der Waals surface area contributed by atoms with Gasteiger partial charge in [0.25, 0.3) is 0 Å². The van der Waals surface area contributed by atoms with Crippen LogP contribution in [-0.2, 0) is 6.42 Å². The molecule has 1 unspecified atom stereocenters. The van der Waals surface area contributed by atoms with E-state index in [2.05, 4.69) is 6.07 Å². The van der Waals surface area contributed by atoms with Gasteiger partial charge in [-0.25, -0.2) is 4.39 Å². The number of anilines is 1. The van der Waals surface area contributed by atoms with Crippen molar-refractivity contribution in [2.24, 2.45) is 5.73 Å². The number of hydrogen-bond donors (Lipinski definition) is 1. The van der Waals surface area contributed by atoms with E-state index in [1.807, 2.05) is 37.2 Å². The van der Waals surface area contributed by atoms with Gasteiger partial charge in [0.2, 0.25) is 0 Å². The highest BCUT2D eigenvalue weighted by atomic mass is 35.5. The molecular weight excluding hydrogens is 275 g/mol. The van der Waals surface area contributed by atoms with Gasteiger partial charge < -0.3 is 10.6 Å². The summed E-state index contributed by atoms with van der Waals surface area (Å²) in [5.74, 6) is -0.404. The van der Waals surface area contributed by atoms with E-state index in [-0.39, 0.29) is 11.1 Å². The number of benzene rings is 2. The van der Waals surface area contributed by atoms with Crippen LogP contribution in [0.25, 0.3) is 0 Å². The van der Waals surface area contributed by atoms with Crippen LogP contribution >= 0.6 is 11.6 Å². The van der Waals surface area contributed by atoms with Crippen molar-refractivity contribution in [2.45, 2.75) is 12.5 Å². The van der Waals surface area contributed by atoms with Gasteiger partial charge in [-0.3, -0.25) is 0 Å². The van der Waals surface area contributed by atoms with E-state index in [1.165, 1.54) is 6.07 Å². The van der Waals surface area contributed by atoms with E-state index in [4.69, 9.17) is 17.3 Å². The Morgan fingerprint density at radius 2 is 1.95 bits per heavy atom. The summed E-state index contributed by atoms with van der Waals surface area (Å²) < 4.78 is 13.4. The zero-order valence-electron chi connectivity index (χ0n) is 11.6. The molecule has 0 spiro atoms. The lowest BCUT2D eigenvalue weighted by Gasteiger charge is -2.17. The fourth-order valence-electron chi connectivity index (χ4n) is 2.07. The molecule has 0 aliphatic heterocycles. The van der Waals surface area contributed by atoms with Gasteiger partial charge in [-0.2, -0.15) is 0 Å². The smallest absolute Gasteiger partial charge is 0.142 e. The van der Waals surface area contributed by atoms with E-state index in [9.17, 15) is 4.39 Å². The summed E-state index contributed by atoms with van der Waals surface area (Å²) in [5.41, 5.74) is 9.18. The molecule has 0 radical (unpaired) electrons. The predicted octanol–water partition coefficient (Wildman–Crippen LogP) is 3.79. The second-order valence-corrected chi connectivity index (χ2v) is 5.46. The van der Waals surface area contributed by atoms with Crippen LogP contribution in [0.2, 0.25) is 5.02 Å². The molecule has 0 saturated carbocycles. The molecule has 0 aromatic heterocycles. The van der Waals surface area contributed by atoms with Gasteiger partial charge in [-0.15, -0.1) is 0 Å². The Hall–Kier alpha value is -1.58. The molecule has 0 aliphatic carbocycles. The molecule has 2 aromatic carbocycles. The Bertz CT molecular complexity index is 599. The first-order valence-corrected chi connectivity index (χ1v) is 6.82. The van der Waals surface area contributed by atoms with Crippen molar-refractivity contribution < 1.29 is 4.39 Å². The van der Waals surface area contributed by atoms with Crippen molar-refractivity contribution in [3.63, 3.8) is 0 Å². The fraction of sp³-hybridized carbons (Fsp3) is 0.250. The highest BCUT2D eigenvalue weighted by molar-refractivity contribution is 6.30. The minimum Gasteiger partial charge on any atom is -0.378 e. The first kappa shape index (κ1) is 14.8. The molecule has 1 atom stereocenters. The lowest BCUT2D eigenvalue weighted by molar-refractivity contribution is 0.622. The number of nitrogens with two attached hydrogens (primary N) is 1. The molecule has 2 aromatic rings. The summed E-state index contributed by atoms with van der Waals surface area (Å²) in [6.45, 7) is 0. The third-order valence-corrected chi connectivity index (χ3v) is 3.56. The van der Waals surface area contributed by atoms with Gasteiger partial charge in [-0.1, -0.05) is 29.8 Å². The van der Waals surface area contributed by atoms with Crippen molar-refractivity contribution in [1.82, 2.24) is 0 Å². The largest absolute Gasteiger partial charge is 0.378 e. The van der Waals surface area contributed by atoms with Crippen LogP contribution in [0.5, 0.6) is 0 Å². The fourth-order valence-corrected chi connectivity index (χ4v) is 2.19. The highest BCUT2D eigenvalue weighted by Crippen LogP contribution is 2.23. The Balaban J connectivity index is 2.17. The summed E-state index contributed by atoms with van der Waals surface area (Å²) in [6.07, 6.45) is 0.574. The van der Waals surface area contributed by atoms with Crippen LogP contribution in [0.3, 0.4) is 0 Å².